The van der Waals surface area contributed by atoms with Crippen LogP contribution >= 0.6 is 0 Å². The fourth-order valence-electron chi connectivity index (χ4n) is 2.03. The van der Waals surface area contributed by atoms with Gasteiger partial charge in [-0.3, -0.25) is 4.79 Å². The van der Waals surface area contributed by atoms with Gasteiger partial charge in [0.05, 0.1) is 6.61 Å². The van der Waals surface area contributed by atoms with Gasteiger partial charge in [0, 0.05) is 18.1 Å². The van der Waals surface area contributed by atoms with Crippen molar-refractivity contribution in [2.24, 2.45) is 0 Å². The second-order valence-corrected chi connectivity index (χ2v) is 5.56. The molecule has 2 rings (SSSR count). The maximum Gasteiger partial charge on any atom is 0.338 e. The van der Waals surface area contributed by atoms with Crippen LogP contribution in [-0.2, 0) is 24.7 Å². The number of aromatic hydroxyl groups is 1. The number of hydrogen-bond donors (Lipinski definition) is 1. The number of phenols is 1. The molecule has 6 heteroatoms. The van der Waals surface area contributed by atoms with E-state index in [4.69, 9.17) is 14.2 Å². The number of carbonyl (C=O) groups excluding carboxylic acids is 2. The lowest BCUT2D eigenvalue weighted by molar-refractivity contribution is -0.143. The zero-order valence-electron chi connectivity index (χ0n) is 13.6. The number of aryl methyl sites for hydroxylation is 1. The van der Waals surface area contributed by atoms with Gasteiger partial charge in [0.2, 0.25) is 0 Å². The zero-order chi connectivity index (χ0) is 17.2. The van der Waals surface area contributed by atoms with Crippen LogP contribution in [0, 0.1) is 6.92 Å². The van der Waals surface area contributed by atoms with Crippen molar-refractivity contribution < 1.29 is 28.9 Å². The lowest BCUT2D eigenvalue weighted by atomic mass is 9.97. The van der Waals surface area contributed by atoms with Gasteiger partial charge in [0.15, 0.2) is 5.60 Å². The third-order valence-corrected chi connectivity index (χ3v) is 3.75. The van der Waals surface area contributed by atoms with Crippen molar-refractivity contribution in [1.29, 1.82) is 0 Å². The van der Waals surface area contributed by atoms with Gasteiger partial charge >= 0.3 is 11.9 Å². The van der Waals surface area contributed by atoms with E-state index in [0.29, 0.717) is 23.3 Å². The third kappa shape index (κ3) is 3.71. The molecule has 0 spiro atoms. The highest BCUT2D eigenvalue weighted by atomic mass is 16.6. The van der Waals surface area contributed by atoms with Crippen molar-refractivity contribution in [3.8, 4) is 11.5 Å². The van der Waals surface area contributed by atoms with Crippen LogP contribution in [0.4, 0.5) is 0 Å². The molecule has 6 nitrogen and oxygen atoms in total. The second-order valence-electron chi connectivity index (χ2n) is 5.56. The van der Waals surface area contributed by atoms with E-state index in [9.17, 15) is 14.7 Å². The average Bonchev–Trinajstić information content (AvgIpc) is 3.28. The molecular formula is C17H20O6. The number of allylic oxidation sites excluding steroid dienone is 1. The van der Waals surface area contributed by atoms with E-state index in [0.717, 1.165) is 0 Å². The Morgan fingerprint density at radius 2 is 2.04 bits per heavy atom. The van der Waals surface area contributed by atoms with E-state index in [1.54, 1.807) is 32.9 Å². The summed E-state index contributed by atoms with van der Waals surface area (Å²) in [5.74, 6) is -0.571. The van der Waals surface area contributed by atoms with Crippen LogP contribution in [0.25, 0.3) is 0 Å². The molecule has 1 unspecified atom stereocenters. The number of ether oxygens (including phenoxy) is 3. The first kappa shape index (κ1) is 17.0. The minimum Gasteiger partial charge on any atom is -0.508 e. The molecule has 1 N–H and O–H groups in total. The molecule has 0 saturated carbocycles. The predicted molar refractivity (Wildman–Crippen MR) is 82.2 cm³/mol. The fourth-order valence-corrected chi connectivity index (χ4v) is 2.03. The van der Waals surface area contributed by atoms with E-state index in [-0.39, 0.29) is 18.1 Å². The zero-order valence-corrected chi connectivity index (χ0v) is 13.6. The summed E-state index contributed by atoms with van der Waals surface area (Å²) in [5.41, 5.74) is 0.639. The maximum absolute atomic E-state index is 12.0. The van der Waals surface area contributed by atoms with Crippen LogP contribution in [0.2, 0.25) is 0 Å². The Balaban J connectivity index is 2.36. The summed E-state index contributed by atoms with van der Waals surface area (Å²) in [4.78, 5) is 23.1. The Morgan fingerprint density at radius 3 is 2.57 bits per heavy atom. The van der Waals surface area contributed by atoms with E-state index < -0.39 is 17.5 Å². The monoisotopic (exact) mass is 320 g/mol. The highest BCUT2D eigenvalue weighted by molar-refractivity contribution is 5.89. The molecule has 1 saturated heterocycles. The van der Waals surface area contributed by atoms with Crippen molar-refractivity contribution >= 4 is 11.9 Å². The van der Waals surface area contributed by atoms with Crippen LogP contribution < -0.4 is 4.74 Å². The molecule has 0 amide bonds. The quantitative estimate of drug-likeness (QED) is 0.388. The molecule has 0 bridgehead atoms. The molecule has 1 atom stereocenters. The Labute approximate surface area is 134 Å². The van der Waals surface area contributed by atoms with E-state index in [2.05, 4.69) is 0 Å². The molecule has 1 aliphatic heterocycles. The number of benzene rings is 1. The van der Waals surface area contributed by atoms with Crippen molar-refractivity contribution in [3.63, 3.8) is 0 Å². The van der Waals surface area contributed by atoms with Crippen LogP contribution in [0.15, 0.2) is 23.8 Å². The van der Waals surface area contributed by atoms with Gasteiger partial charge in [0.25, 0.3) is 0 Å². The average molecular weight is 320 g/mol. The van der Waals surface area contributed by atoms with Gasteiger partial charge in [-0.25, -0.2) is 4.79 Å². The molecule has 0 aromatic heterocycles. The number of rotatable bonds is 5. The number of hydrogen-bond acceptors (Lipinski definition) is 6. The largest absolute Gasteiger partial charge is 0.508 e. The summed E-state index contributed by atoms with van der Waals surface area (Å²) in [5, 5.41) is 9.97. The number of phenolic OH excluding ortho intramolecular Hbond substituents is 1. The van der Waals surface area contributed by atoms with Gasteiger partial charge in [-0.1, -0.05) is 6.08 Å². The van der Waals surface area contributed by atoms with Gasteiger partial charge in [0.1, 0.15) is 18.1 Å². The summed E-state index contributed by atoms with van der Waals surface area (Å²) < 4.78 is 15.9. The number of esters is 2. The third-order valence-electron chi connectivity index (χ3n) is 3.75. The highest BCUT2D eigenvalue weighted by Crippen LogP contribution is 2.45. The molecule has 1 fully saturated rings. The van der Waals surface area contributed by atoms with E-state index in [1.807, 2.05) is 0 Å². The molecule has 1 aliphatic rings. The molecular weight excluding hydrogens is 300 g/mol. The lowest BCUT2D eigenvalue weighted by Crippen LogP contribution is -2.21. The lowest BCUT2D eigenvalue weighted by Gasteiger charge is -2.18. The first-order valence-corrected chi connectivity index (χ1v) is 7.25. The standard InChI is InChI=1S/C17H20O6/c1-5-10(2)16(20)23-15-6-11(3)14(19)7-13(15)17(9-22-17)8-21-12(4)18/h5-7,19H,8-9H2,1-4H3/b10-5-. The second kappa shape index (κ2) is 6.42. The van der Waals surface area contributed by atoms with Crippen LogP contribution in [0.3, 0.4) is 0 Å². The predicted octanol–water partition coefficient (Wildman–Crippen LogP) is 2.36. The van der Waals surface area contributed by atoms with Gasteiger partial charge in [-0.2, -0.15) is 0 Å². The van der Waals surface area contributed by atoms with Crippen LogP contribution in [0.5, 0.6) is 11.5 Å². The first-order valence-electron chi connectivity index (χ1n) is 7.25. The Morgan fingerprint density at radius 1 is 1.39 bits per heavy atom. The molecule has 124 valence electrons. The molecule has 1 aromatic rings. The topological polar surface area (TPSA) is 85.4 Å². The van der Waals surface area contributed by atoms with Crippen LogP contribution in [0.1, 0.15) is 31.9 Å². The summed E-state index contributed by atoms with van der Waals surface area (Å²) in [6.07, 6.45) is 1.65. The SMILES string of the molecule is C/C=C(/C)C(=O)Oc1cc(C)c(O)cc1C1(COC(C)=O)CO1. The van der Waals surface area contributed by atoms with E-state index in [1.165, 1.54) is 13.0 Å². The number of carbonyl (C=O) groups is 2. The molecule has 23 heavy (non-hydrogen) atoms. The molecule has 0 radical (unpaired) electrons. The Bertz CT molecular complexity index is 670. The minimum atomic E-state index is -0.879. The van der Waals surface area contributed by atoms with Crippen molar-refractivity contribution in [2.75, 3.05) is 13.2 Å². The van der Waals surface area contributed by atoms with Crippen molar-refractivity contribution in [2.45, 2.75) is 33.3 Å². The normalized spacial score (nSPS) is 20.1. The maximum atomic E-state index is 12.0. The smallest absolute Gasteiger partial charge is 0.338 e. The van der Waals surface area contributed by atoms with Gasteiger partial charge in [-0.05, 0) is 38.5 Å². The molecule has 0 aliphatic carbocycles. The number of epoxide rings is 1. The molecule has 1 heterocycles. The van der Waals surface area contributed by atoms with Crippen molar-refractivity contribution in [3.05, 3.63) is 34.9 Å². The summed E-state index contributed by atoms with van der Waals surface area (Å²) in [6, 6.07) is 3.06. The minimum absolute atomic E-state index is 0.00200. The van der Waals surface area contributed by atoms with Crippen LogP contribution in [-0.4, -0.2) is 30.3 Å². The summed E-state index contributed by atoms with van der Waals surface area (Å²) >= 11 is 0. The fraction of sp³-hybridized carbons (Fsp3) is 0.412. The highest BCUT2D eigenvalue weighted by Gasteiger charge is 2.50. The van der Waals surface area contributed by atoms with Gasteiger partial charge < -0.3 is 19.3 Å². The summed E-state index contributed by atoms with van der Waals surface area (Å²) in [6.45, 7) is 6.71. The van der Waals surface area contributed by atoms with Gasteiger partial charge in [-0.15, -0.1) is 0 Å². The first-order chi connectivity index (χ1) is 10.8. The molecule has 1 aromatic carbocycles. The Hall–Kier alpha value is -2.34. The summed E-state index contributed by atoms with van der Waals surface area (Å²) in [7, 11) is 0. The van der Waals surface area contributed by atoms with Crippen molar-refractivity contribution in [1.82, 2.24) is 0 Å². The Kier molecular flexibility index (Phi) is 4.75. The van der Waals surface area contributed by atoms with E-state index >= 15 is 0 Å².